The van der Waals surface area contributed by atoms with Crippen molar-refractivity contribution in [2.24, 2.45) is 0 Å². The molecule has 32 heavy (non-hydrogen) atoms. The smallest absolute Gasteiger partial charge is 0.263 e. The SMILES string of the molecule is O=C(Cn1cnc2scc(-c3ccc(F)cc3)c2c1=O)Nc1ccc2c(c1)NC(=O)CO2. The Balaban J connectivity index is 1.40. The van der Waals surface area contributed by atoms with E-state index in [1.54, 1.807) is 35.7 Å². The lowest BCUT2D eigenvalue weighted by molar-refractivity contribution is -0.118. The highest BCUT2D eigenvalue weighted by atomic mass is 32.1. The fraction of sp³-hybridized carbons (Fsp3) is 0.0909. The minimum atomic E-state index is -0.435. The zero-order chi connectivity index (χ0) is 22.2. The maximum Gasteiger partial charge on any atom is 0.263 e. The molecule has 0 atom stereocenters. The molecule has 4 aromatic rings. The van der Waals surface area contributed by atoms with Crippen LogP contribution < -0.4 is 20.9 Å². The van der Waals surface area contributed by atoms with Gasteiger partial charge < -0.3 is 15.4 Å². The largest absolute Gasteiger partial charge is 0.482 e. The second kappa shape index (κ2) is 7.89. The highest BCUT2D eigenvalue weighted by Crippen LogP contribution is 2.31. The molecule has 0 radical (unpaired) electrons. The molecule has 3 heterocycles. The quantitative estimate of drug-likeness (QED) is 0.497. The van der Waals surface area contributed by atoms with E-state index in [2.05, 4.69) is 15.6 Å². The van der Waals surface area contributed by atoms with Gasteiger partial charge in [-0.1, -0.05) is 12.1 Å². The van der Waals surface area contributed by atoms with E-state index in [1.165, 1.54) is 34.4 Å². The first-order valence-corrected chi connectivity index (χ1v) is 10.4. The number of nitrogens with zero attached hydrogens (tertiary/aromatic N) is 2. The van der Waals surface area contributed by atoms with Gasteiger partial charge in [0, 0.05) is 16.6 Å². The van der Waals surface area contributed by atoms with Crippen LogP contribution in [0.4, 0.5) is 15.8 Å². The third-order valence-corrected chi connectivity index (χ3v) is 5.81. The molecular formula is C22H15FN4O4S. The molecule has 2 amide bonds. The zero-order valence-corrected chi connectivity index (χ0v) is 17.2. The maximum absolute atomic E-state index is 13.3. The van der Waals surface area contributed by atoms with Gasteiger partial charge in [0.1, 0.15) is 22.9 Å². The Morgan fingerprint density at radius 3 is 2.84 bits per heavy atom. The lowest BCUT2D eigenvalue weighted by Gasteiger charge is -2.18. The van der Waals surface area contributed by atoms with Gasteiger partial charge in [-0.15, -0.1) is 11.3 Å². The van der Waals surface area contributed by atoms with Crippen LogP contribution in [0.2, 0.25) is 0 Å². The van der Waals surface area contributed by atoms with Gasteiger partial charge in [0.2, 0.25) is 5.91 Å². The molecule has 2 aromatic heterocycles. The fourth-order valence-electron chi connectivity index (χ4n) is 3.44. The van der Waals surface area contributed by atoms with Gasteiger partial charge in [0.15, 0.2) is 6.61 Å². The van der Waals surface area contributed by atoms with Crippen LogP contribution in [-0.2, 0) is 16.1 Å². The minimum Gasteiger partial charge on any atom is -0.482 e. The van der Waals surface area contributed by atoms with Gasteiger partial charge in [-0.25, -0.2) is 9.37 Å². The molecule has 1 aliphatic rings. The summed E-state index contributed by atoms with van der Waals surface area (Å²) in [5.74, 6) is -0.567. The fourth-order valence-corrected chi connectivity index (χ4v) is 4.34. The van der Waals surface area contributed by atoms with Gasteiger partial charge in [-0.2, -0.15) is 0 Å². The van der Waals surface area contributed by atoms with E-state index >= 15 is 0 Å². The number of carbonyl (C=O) groups is 2. The number of rotatable bonds is 4. The van der Waals surface area contributed by atoms with Crippen LogP contribution in [0.3, 0.4) is 0 Å². The summed E-state index contributed by atoms with van der Waals surface area (Å²) >= 11 is 1.31. The Morgan fingerprint density at radius 2 is 2.03 bits per heavy atom. The normalized spacial score (nSPS) is 12.7. The number of fused-ring (bicyclic) bond motifs is 2. The average Bonchev–Trinajstić information content (AvgIpc) is 3.21. The van der Waals surface area contributed by atoms with Crippen molar-refractivity contribution in [3.05, 3.63) is 70.3 Å². The first-order chi connectivity index (χ1) is 15.5. The van der Waals surface area contributed by atoms with Crippen molar-refractivity contribution in [1.82, 2.24) is 9.55 Å². The Hall–Kier alpha value is -4.05. The predicted molar refractivity (Wildman–Crippen MR) is 118 cm³/mol. The molecule has 0 bridgehead atoms. The number of amides is 2. The summed E-state index contributed by atoms with van der Waals surface area (Å²) in [6.45, 7) is -0.306. The number of hydrogen-bond acceptors (Lipinski definition) is 6. The number of ether oxygens (including phenoxy) is 1. The van der Waals surface area contributed by atoms with Gasteiger partial charge >= 0.3 is 0 Å². The minimum absolute atomic E-state index is 0.0560. The third-order valence-electron chi connectivity index (χ3n) is 4.93. The maximum atomic E-state index is 13.3. The number of nitrogens with one attached hydrogen (secondary N) is 2. The van der Waals surface area contributed by atoms with Crippen molar-refractivity contribution < 1.29 is 18.7 Å². The Labute approximate surface area is 184 Å². The van der Waals surface area contributed by atoms with E-state index in [1.807, 2.05) is 0 Å². The number of halogens is 1. The van der Waals surface area contributed by atoms with Crippen LogP contribution in [0.25, 0.3) is 21.3 Å². The summed E-state index contributed by atoms with van der Waals surface area (Å²) in [5.41, 5.74) is 1.88. The van der Waals surface area contributed by atoms with E-state index in [4.69, 9.17) is 4.74 Å². The molecular weight excluding hydrogens is 435 g/mol. The van der Waals surface area contributed by atoms with Crippen molar-refractivity contribution in [1.29, 1.82) is 0 Å². The van der Waals surface area contributed by atoms with Crippen LogP contribution in [0.15, 0.2) is 59.0 Å². The summed E-state index contributed by atoms with van der Waals surface area (Å²) in [5, 5.41) is 7.55. The molecule has 2 N–H and O–H groups in total. The molecule has 2 aromatic carbocycles. The lowest BCUT2D eigenvalue weighted by Crippen LogP contribution is -2.28. The van der Waals surface area contributed by atoms with E-state index in [9.17, 15) is 18.8 Å². The third kappa shape index (κ3) is 3.71. The molecule has 0 fully saturated rings. The summed E-state index contributed by atoms with van der Waals surface area (Å²) in [4.78, 5) is 42.0. The van der Waals surface area contributed by atoms with Crippen LogP contribution >= 0.6 is 11.3 Å². The molecule has 160 valence electrons. The van der Waals surface area contributed by atoms with Crippen molar-refractivity contribution in [3.8, 4) is 16.9 Å². The molecule has 10 heteroatoms. The van der Waals surface area contributed by atoms with Crippen molar-refractivity contribution in [3.63, 3.8) is 0 Å². The number of thiophene rings is 1. The van der Waals surface area contributed by atoms with Crippen LogP contribution in [0.1, 0.15) is 0 Å². The molecule has 0 aliphatic carbocycles. The second-order valence-corrected chi connectivity index (χ2v) is 7.97. The number of hydrogen-bond donors (Lipinski definition) is 2. The number of anilines is 2. The zero-order valence-electron chi connectivity index (χ0n) is 16.4. The average molecular weight is 450 g/mol. The number of aromatic nitrogens is 2. The number of benzene rings is 2. The van der Waals surface area contributed by atoms with Crippen LogP contribution in [-0.4, -0.2) is 28.0 Å². The molecule has 0 saturated heterocycles. The van der Waals surface area contributed by atoms with Crippen molar-refractivity contribution in [2.45, 2.75) is 6.54 Å². The summed E-state index contributed by atoms with van der Waals surface area (Å²) in [6, 6.07) is 10.7. The van der Waals surface area contributed by atoms with E-state index in [0.717, 1.165) is 0 Å². The Kier molecular flexibility index (Phi) is 4.91. The topological polar surface area (TPSA) is 102 Å². The summed E-state index contributed by atoms with van der Waals surface area (Å²) in [7, 11) is 0. The first-order valence-electron chi connectivity index (χ1n) is 9.57. The molecule has 0 unspecified atom stereocenters. The van der Waals surface area contributed by atoms with Gasteiger partial charge in [-0.3, -0.25) is 19.0 Å². The molecule has 0 spiro atoms. The lowest BCUT2D eigenvalue weighted by atomic mass is 10.1. The van der Waals surface area contributed by atoms with Gasteiger partial charge in [0.25, 0.3) is 11.5 Å². The van der Waals surface area contributed by atoms with Gasteiger partial charge in [0.05, 0.1) is 17.4 Å². The highest BCUT2D eigenvalue weighted by Gasteiger charge is 2.18. The molecule has 8 nitrogen and oxygen atoms in total. The molecule has 5 rings (SSSR count). The molecule has 0 saturated carbocycles. The highest BCUT2D eigenvalue weighted by molar-refractivity contribution is 7.17. The predicted octanol–water partition coefficient (Wildman–Crippen LogP) is 3.23. The summed E-state index contributed by atoms with van der Waals surface area (Å²) < 4.78 is 19.8. The molecule has 1 aliphatic heterocycles. The van der Waals surface area contributed by atoms with Crippen LogP contribution in [0.5, 0.6) is 5.75 Å². The van der Waals surface area contributed by atoms with E-state index in [0.29, 0.717) is 38.5 Å². The van der Waals surface area contributed by atoms with Crippen molar-refractivity contribution >= 4 is 44.7 Å². The van der Waals surface area contributed by atoms with E-state index < -0.39 is 5.91 Å². The van der Waals surface area contributed by atoms with Crippen molar-refractivity contribution in [2.75, 3.05) is 17.2 Å². The summed E-state index contributed by atoms with van der Waals surface area (Å²) in [6.07, 6.45) is 1.33. The second-order valence-electron chi connectivity index (χ2n) is 7.11. The number of carbonyl (C=O) groups excluding carboxylic acids is 2. The Bertz CT molecular complexity index is 1430. The van der Waals surface area contributed by atoms with Crippen LogP contribution in [0, 0.1) is 5.82 Å². The Morgan fingerprint density at radius 1 is 1.22 bits per heavy atom. The first kappa shape index (κ1) is 19.9. The monoisotopic (exact) mass is 450 g/mol. The standard InChI is InChI=1S/C22H15FN4O4S/c23-13-3-1-12(2-4-13)15-10-32-21-20(15)22(30)27(11-24-21)8-18(28)25-14-5-6-17-16(7-14)26-19(29)9-31-17/h1-7,10-11H,8-9H2,(H,25,28)(H,26,29). The van der Waals surface area contributed by atoms with E-state index in [-0.39, 0.29) is 30.4 Å². The van der Waals surface area contributed by atoms with Gasteiger partial charge in [-0.05, 0) is 35.9 Å².